The standard InChI is InChI=1S/C12H22O/c1-9(2)7-6-8-10(3)11(4)12(5)13/h7,11-13H,3,6,8H2,1-2,4-5H3. The summed E-state index contributed by atoms with van der Waals surface area (Å²) in [5, 5.41) is 9.32. The topological polar surface area (TPSA) is 20.2 Å². The van der Waals surface area contributed by atoms with Crippen LogP contribution < -0.4 is 0 Å². The molecule has 0 bridgehead atoms. The minimum absolute atomic E-state index is 0.213. The molecule has 0 aliphatic carbocycles. The first-order chi connectivity index (χ1) is 5.95. The van der Waals surface area contributed by atoms with Gasteiger partial charge < -0.3 is 5.11 Å². The first-order valence-corrected chi connectivity index (χ1v) is 4.94. The second-order valence-corrected chi connectivity index (χ2v) is 4.01. The van der Waals surface area contributed by atoms with E-state index in [4.69, 9.17) is 0 Å². The molecule has 2 unspecified atom stereocenters. The molecule has 0 saturated carbocycles. The molecule has 0 amide bonds. The minimum atomic E-state index is -0.279. The SMILES string of the molecule is C=C(CCC=C(C)C)C(C)C(C)O. The number of aliphatic hydroxyl groups excluding tert-OH is 1. The highest BCUT2D eigenvalue weighted by atomic mass is 16.3. The third-order valence-electron chi connectivity index (χ3n) is 2.39. The maximum atomic E-state index is 9.32. The normalized spacial score (nSPS) is 14.8. The summed E-state index contributed by atoms with van der Waals surface area (Å²) in [5.41, 5.74) is 2.49. The molecule has 13 heavy (non-hydrogen) atoms. The molecule has 1 nitrogen and oxygen atoms in total. The summed E-state index contributed by atoms with van der Waals surface area (Å²) in [5.74, 6) is 0.213. The van der Waals surface area contributed by atoms with Gasteiger partial charge in [0.15, 0.2) is 0 Å². The Morgan fingerprint density at radius 3 is 2.31 bits per heavy atom. The molecular formula is C12H22O. The van der Waals surface area contributed by atoms with Crippen LogP contribution >= 0.6 is 0 Å². The monoisotopic (exact) mass is 182 g/mol. The third-order valence-corrected chi connectivity index (χ3v) is 2.39. The predicted octanol–water partition coefficient (Wildman–Crippen LogP) is 3.31. The zero-order chi connectivity index (χ0) is 10.4. The largest absolute Gasteiger partial charge is 0.393 e. The maximum absolute atomic E-state index is 9.32. The molecule has 0 spiro atoms. The number of rotatable bonds is 5. The smallest absolute Gasteiger partial charge is 0.0574 e. The van der Waals surface area contributed by atoms with Crippen LogP contribution in [0, 0.1) is 5.92 Å². The summed E-state index contributed by atoms with van der Waals surface area (Å²) >= 11 is 0. The van der Waals surface area contributed by atoms with E-state index in [1.165, 1.54) is 5.57 Å². The van der Waals surface area contributed by atoms with Crippen LogP contribution in [0.5, 0.6) is 0 Å². The van der Waals surface area contributed by atoms with E-state index in [1.807, 2.05) is 13.8 Å². The van der Waals surface area contributed by atoms with E-state index in [1.54, 1.807) is 0 Å². The lowest BCUT2D eigenvalue weighted by atomic mass is 9.94. The van der Waals surface area contributed by atoms with Gasteiger partial charge >= 0.3 is 0 Å². The highest BCUT2D eigenvalue weighted by Gasteiger charge is 2.11. The van der Waals surface area contributed by atoms with E-state index in [-0.39, 0.29) is 12.0 Å². The molecule has 0 aromatic rings. The van der Waals surface area contributed by atoms with Gasteiger partial charge in [-0.1, -0.05) is 30.7 Å². The van der Waals surface area contributed by atoms with Gasteiger partial charge in [0, 0.05) is 5.92 Å². The zero-order valence-corrected chi connectivity index (χ0v) is 9.30. The van der Waals surface area contributed by atoms with Gasteiger partial charge in [-0.15, -0.1) is 0 Å². The predicted molar refractivity (Wildman–Crippen MR) is 58.6 cm³/mol. The molecule has 1 heteroatoms. The average molecular weight is 182 g/mol. The molecule has 0 fully saturated rings. The fourth-order valence-electron chi connectivity index (χ4n) is 1.12. The molecule has 0 aliphatic rings. The Bertz CT molecular complexity index is 185. The van der Waals surface area contributed by atoms with Crippen molar-refractivity contribution in [3.05, 3.63) is 23.8 Å². The second-order valence-electron chi connectivity index (χ2n) is 4.01. The van der Waals surface area contributed by atoms with E-state index in [9.17, 15) is 5.11 Å². The van der Waals surface area contributed by atoms with Crippen molar-refractivity contribution in [2.45, 2.75) is 46.6 Å². The molecule has 0 aliphatic heterocycles. The van der Waals surface area contributed by atoms with Crippen LogP contribution in [-0.2, 0) is 0 Å². The Morgan fingerprint density at radius 1 is 1.38 bits per heavy atom. The highest BCUT2D eigenvalue weighted by Crippen LogP contribution is 2.18. The minimum Gasteiger partial charge on any atom is -0.393 e. The van der Waals surface area contributed by atoms with Gasteiger partial charge in [0.05, 0.1) is 6.10 Å². The summed E-state index contributed by atoms with van der Waals surface area (Å²) in [4.78, 5) is 0. The average Bonchev–Trinajstić information content (AvgIpc) is 2.02. The van der Waals surface area contributed by atoms with E-state index >= 15 is 0 Å². The molecule has 0 saturated heterocycles. The lowest BCUT2D eigenvalue weighted by Gasteiger charge is -2.16. The van der Waals surface area contributed by atoms with Gasteiger partial charge in [-0.05, 0) is 33.6 Å². The van der Waals surface area contributed by atoms with Crippen molar-refractivity contribution in [3.8, 4) is 0 Å². The molecular weight excluding hydrogens is 160 g/mol. The Morgan fingerprint density at radius 2 is 1.92 bits per heavy atom. The second kappa shape index (κ2) is 5.98. The van der Waals surface area contributed by atoms with Crippen molar-refractivity contribution in [2.75, 3.05) is 0 Å². The van der Waals surface area contributed by atoms with Crippen molar-refractivity contribution in [1.82, 2.24) is 0 Å². The Kier molecular flexibility index (Phi) is 5.72. The van der Waals surface area contributed by atoms with E-state index in [2.05, 4.69) is 26.5 Å². The summed E-state index contributed by atoms with van der Waals surface area (Å²) in [7, 11) is 0. The lowest BCUT2D eigenvalue weighted by molar-refractivity contribution is 0.150. The van der Waals surface area contributed by atoms with Gasteiger partial charge in [-0.3, -0.25) is 0 Å². The van der Waals surface area contributed by atoms with E-state index < -0.39 is 0 Å². The van der Waals surface area contributed by atoms with Gasteiger partial charge in [0.1, 0.15) is 0 Å². The maximum Gasteiger partial charge on any atom is 0.0574 e. The molecule has 76 valence electrons. The van der Waals surface area contributed by atoms with Crippen LogP contribution in [0.15, 0.2) is 23.8 Å². The van der Waals surface area contributed by atoms with Crippen LogP contribution in [0.2, 0.25) is 0 Å². The van der Waals surface area contributed by atoms with Crippen molar-refractivity contribution in [1.29, 1.82) is 0 Å². The Labute approximate surface area is 82.2 Å². The zero-order valence-electron chi connectivity index (χ0n) is 9.30. The van der Waals surface area contributed by atoms with Gasteiger partial charge in [0.2, 0.25) is 0 Å². The molecule has 0 aromatic heterocycles. The quantitative estimate of drug-likeness (QED) is 0.647. The fraction of sp³-hybridized carbons (Fsp3) is 0.667. The van der Waals surface area contributed by atoms with Crippen LogP contribution in [-0.4, -0.2) is 11.2 Å². The lowest BCUT2D eigenvalue weighted by Crippen LogP contribution is -2.14. The van der Waals surface area contributed by atoms with Crippen molar-refractivity contribution in [3.63, 3.8) is 0 Å². The number of aliphatic hydroxyl groups is 1. The van der Waals surface area contributed by atoms with Gasteiger partial charge in [0.25, 0.3) is 0 Å². The molecule has 1 N–H and O–H groups in total. The summed E-state index contributed by atoms with van der Waals surface area (Å²) in [6.45, 7) is 12.0. The molecule has 0 radical (unpaired) electrons. The number of hydrogen-bond acceptors (Lipinski definition) is 1. The van der Waals surface area contributed by atoms with Crippen LogP contribution in [0.4, 0.5) is 0 Å². The van der Waals surface area contributed by atoms with Crippen LogP contribution in [0.3, 0.4) is 0 Å². The van der Waals surface area contributed by atoms with E-state index in [0.29, 0.717) is 0 Å². The number of hydrogen-bond donors (Lipinski definition) is 1. The van der Waals surface area contributed by atoms with Crippen LogP contribution in [0.25, 0.3) is 0 Å². The molecule has 0 rings (SSSR count). The van der Waals surface area contributed by atoms with E-state index in [0.717, 1.165) is 18.4 Å². The van der Waals surface area contributed by atoms with Crippen molar-refractivity contribution >= 4 is 0 Å². The molecule has 0 aromatic carbocycles. The Balaban J connectivity index is 3.82. The third kappa shape index (κ3) is 5.64. The van der Waals surface area contributed by atoms with Crippen molar-refractivity contribution in [2.24, 2.45) is 5.92 Å². The first-order valence-electron chi connectivity index (χ1n) is 4.94. The summed E-state index contributed by atoms with van der Waals surface area (Å²) in [6.07, 6.45) is 3.95. The fourth-order valence-corrected chi connectivity index (χ4v) is 1.12. The van der Waals surface area contributed by atoms with Crippen molar-refractivity contribution < 1.29 is 5.11 Å². The summed E-state index contributed by atoms with van der Waals surface area (Å²) < 4.78 is 0. The highest BCUT2D eigenvalue weighted by molar-refractivity contribution is 5.04. The molecule has 2 atom stereocenters. The Hall–Kier alpha value is -0.560. The molecule has 0 heterocycles. The van der Waals surface area contributed by atoms with Crippen LogP contribution in [0.1, 0.15) is 40.5 Å². The first kappa shape index (κ1) is 12.4. The van der Waals surface area contributed by atoms with Gasteiger partial charge in [-0.2, -0.15) is 0 Å². The summed E-state index contributed by atoms with van der Waals surface area (Å²) in [6, 6.07) is 0. The number of allylic oxidation sites excluding steroid dienone is 2. The van der Waals surface area contributed by atoms with Gasteiger partial charge in [-0.25, -0.2) is 0 Å².